The summed E-state index contributed by atoms with van der Waals surface area (Å²) in [7, 11) is 0. The maximum Gasteiger partial charge on any atom is 0.387 e. The number of hydrogen-bond donors (Lipinski definition) is 2. The SMILES string of the molecule is Cl.O=C(CC1COCCN1)Nc1ccc(OC(F)F)c(F)c1. The fourth-order valence-electron chi connectivity index (χ4n) is 1.96. The summed E-state index contributed by atoms with van der Waals surface area (Å²) < 4.78 is 46.7. The van der Waals surface area contributed by atoms with E-state index in [1.807, 2.05) is 0 Å². The van der Waals surface area contributed by atoms with Crippen molar-refractivity contribution >= 4 is 24.0 Å². The molecule has 1 atom stereocenters. The van der Waals surface area contributed by atoms with E-state index < -0.39 is 18.2 Å². The Balaban J connectivity index is 0.00000242. The quantitative estimate of drug-likeness (QED) is 0.862. The van der Waals surface area contributed by atoms with E-state index in [-0.39, 0.29) is 36.5 Å². The summed E-state index contributed by atoms with van der Waals surface area (Å²) in [5.74, 6) is -1.85. The van der Waals surface area contributed by atoms with Gasteiger partial charge in [-0.05, 0) is 12.1 Å². The minimum atomic E-state index is -3.10. The van der Waals surface area contributed by atoms with Crippen molar-refractivity contribution in [1.82, 2.24) is 5.32 Å². The lowest BCUT2D eigenvalue weighted by Crippen LogP contribution is -2.43. The Morgan fingerprint density at radius 1 is 1.50 bits per heavy atom. The van der Waals surface area contributed by atoms with Gasteiger partial charge in [-0.3, -0.25) is 4.79 Å². The first kappa shape index (κ1) is 18.5. The first-order chi connectivity index (χ1) is 10.0. The standard InChI is InChI=1S/C13H15F3N2O3.ClH/c14-10-5-8(1-2-11(10)21-13(15)16)18-12(19)6-9-7-20-4-3-17-9;/h1-2,5,9,13,17H,3-4,6-7H2,(H,18,19);1H. The second kappa shape index (κ2) is 8.82. The van der Waals surface area contributed by atoms with Gasteiger partial charge in [-0.2, -0.15) is 8.78 Å². The first-order valence-corrected chi connectivity index (χ1v) is 6.40. The van der Waals surface area contributed by atoms with E-state index >= 15 is 0 Å². The number of alkyl halides is 2. The van der Waals surface area contributed by atoms with E-state index in [0.717, 1.165) is 12.1 Å². The van der Waals surface area contributed by atoms with Gasteiger partial charge in [0.2, 0.25) is 5.91 Å². The fourth-order valence-corrected chi connectivity index (χ4v) is 1.96. The van der Waals surface area contributed by atoms with E-state index in [1.54, 1.807) is 0 Å². The summed E-state index contributed by atoms with van der Waals surface area (Å²) in [6.45, 7) is -1.39. The molecular weight excluding hydrogens is 325 g/mol. The van der Waals surface area contributed by atoms with Crippen molar-refractivity contribution in [2.45, 2.75) is 19.1 Å². The van der Waals surface area contributed by atoms with Crippen molar-refractivity contribution in [2.75, 3.05) is 25.1 Å². The van der Waals surface area contributed by atoms with E-state index in [0.29, 0.717) is 19.8 Å². The van der Waals surface area contributed by atoms with Gasteiger partial charge in [-0.1, -0.05) is 0 Å². The largest absolute Gasteiger partial charge is 0.432 e. The number of halogens is 4. The molecule has 124 valence electrons. The average molecular weight is 341 g/mol. The van der Waals surface area contributed by atoms with Crippen LogP contribution in [0, 0.1) is 5.82 Å². The zero-order chi connectivity index (χ0) is 15.2. The normalized spacial score (nSPS) is 17.7. The van der Waals surface area contributed by atoms with Gasteiger partial charge in [-0.15, -0.1) is 12.4 Å². The molecule has 1 saturated heterocycles. The van der Waals surface area contributed by atoms with Crippen LogP contribution >= 0.6 is 12.4 Å². The maximum absolute atomic E-state index is 13.5. The summed E-state index contributed by atoms with van der Waals surface area (Å²) in [6, 6.07) is 3.17. The molecular formula is C13H16ClF3N2O3. The third-order valence-corrected chi connectivity index (χ3v) is 2.86. The molecule has 1 unspecified atom stereocenters. The zero-order valence-corrected chi connectivity index (χ0v) is 12.3. The molecule has 5 nitrogen and oxygen atoms in total. The highest BCUT2D eigenvalue weighted by molar-refractivity contribution is 5.91. The summed E-state index contributed by atoms with van der Waals surface area (Å²) >= 11 is 0. The van der Waals surface area contributed by atoms with Gasteiger partial charge in [-0.25, -0.2) is 4.39 Å². The number of ether oxygens (including phenoxy) is 2. The lowest BCUT2D eigenvalue weighted by molar-refractivity contribution is -0.117. The van der Waals surface area contributed by atoms with Crippen LogP contribution in [0.4, 0.5) is 18.9 Å². The Hall–Kier alpha value is -1.51. The van der Waals surface area contributed by atoms with E-state index in [2.05, 4.69) is 15.4 Å². The monoisotopic (exact) mass is 340 g/mol. The van der Waals surface area contributed by atoms with Crippen molar-refractivity contribution < 1.29 is 27.4 Å². The predicted molar refractivity (Wildman–Crippen MR) is 76.1 cm³/mol. The summed E-state index contributed by atoms with van der Waals surface area (Å²) in [5, 5.41) is 5.61. The molecule has 0 spiro atoms. The Kier molecular flexibility index (Phi) is 7.43. The molecule has 1 aromatic rings. The van der Waals surface area contributed by atoms with Crippen LogP contribution in [-0.2, 0) is 9.53 Å². The summed E-state index contributed by atoms with van der Waals surface area (Å²) in [4.78, 5) is 11.8. The summed E-state index contributed by atoms with van der Waals surface area (Å²) in [6.07, 6.45) is 0.177. The predicted octanol–water partition coefficient (Wildman–Crippen LogP) is 2.17. The van der Waals surface area contributed by atoms with Crippen LogP contribution < -0.4 is 15.4 Å². The molecule has 0 saturated carbocycles. The van der Waals surface area contributed by atoms with Crippen LogP contribution in [0.1, 0.15) is 6.42 Å². The Morgan fingerprint density at radius 3 is 2.86 bits per heavy atom. The molecule has 2 N–H and O–H groups in total. The van der Waals surface area contributed by atoms with Crippen LogP contribution in [0.3, 0.4) is 0 Å². The van der Waals surface area contributed by atoms with Crippen molar-refractivity contribution in [2.24, 2.45) is 0 Å². The average Bonchev–Trinajstić information content (AvgIpc) is 2.42. The topological polar surface area (TPSA) is 59.6 Å². The van der Waals surface area contributed by atoms with Crippen molar-refractivity contribution in [3.63, 3.8) is 0 Å². The second-order valence-corrected chi connectivity index (χ2v) is 4.50. The van der Waals surface area contributed by atoms with Crippen molar-refractivity contribution in [3.05, 3.63) is 24.0 Å². The molecule has 0 aromatic heterocycles. The number of rotatable bonds is 5. The molecule has 1 amide bonds. The zero-order valence-electron chi connectivity index (χ0n) is 11.5. The van der Waals surface area contributed by atoms with Crippen LogP contribution in [0.2, 0.25) is 0 Å². The molecule has 0 bridgehead atoms. The number of carbonyl (C=O) groups is 1. The molecule has 0 aliphatic carbocycles. The van der Waals surface area contributed by atoms with Gasteiger partial charge in [0.05, 0.1) is 13.2 Å². The number of amides is 1. The molecule has 22 heavy (non-hydrogen) atoms. The molecule has 1 fully saturated rings. The van der Waals surface area contributed by atoms with Crippen molar-refractivity contribution in [1.29, 1.82) is 0 Å². The Bertz CT molecular complexity index is 499. The number of nitrogens with one attached hydrogen (secondary N) is 2. The van der Waals surface area contributed by atoms with Crippen LogP contribution in [-0.4, -0.2) is 38.3 Å². The molecule has 0 radical (unpaired) electrons. The van der Waals surface area contributed by atoms with Crippen molar-refractivity contribution in [3.8, 4) is 5.75 Å². The fraction of sp³-hybridized carbons (Fsp3) is 0.462. The first-order valence-electron chi connectivity index (χ1n) is 6.40. The van der Waals surface area contributed by atoms with Crippen LogP contribution in [0.5, 0.6) is 5.75 Å². The Morgan fingerprint density at radius 2 is 2.27 bits per heavy atom. The highest BCUT2D eigenvalue weighted by atomic mass is 35.5. The van der Waals surface area contributed by atoms with Gasteiger partial charge < -0.3 is 20.1 Å². The maximum atomic E-state index is 13.5. The second-order valence-electron chi connectivity index (χ2n) is 4.50. The van der Waals surface area contributed by atoms with Gasteiger partial charge >= 0.3 is 6.61 Å². The molecule has 9 heteroatoms. The number of carbonyl (C=O) groups excluding carboxylic acids is 1. The number of morpholine rings is 1. The molecule has 1 heterocycles. The molecule has 1 aliphatic heterocycles. The highest BCUT2D eigenvalue weighted by Gasteiger charge is 2.17. The van der Waals surface area contributed by atoms with Crippen LogP contribution in [0.15, 0.2) is 18.2 Å². The third kappa shape index (κ3) is 5.70. The molecule has 2 rings (SSSR count). The lowest BCUT2D eigenvalue weighted by atomic mass is 10.2. The third-order valence-electron chi connectivity index (χ3n) is 2.86. The van der Waals surface area contributed by atoms with Gasteiger partial charge in [0, 0.05) is 30.8 Å². The minimum absolute atomic E-state index is 0. The van der Waals surface area contributed by atoms with Crippen LogP contribution in [0.25, 0.3) is 0 Å². The number of anilines is 1. The smallest absolute Gasteiger partial charge is 0.387 e. The molecule has 1 aromatic carbocycles. The van der Waals surface area contributed by atoms with E-state index in [4.69, 9.17) is 4.74 Å². The van der Waals surface area contributed by atoms with Gasteiger partial charge in [0.25, 0.3) is 0 Å². The number of benzene rings is 1. The van der Waals surface area contributed by atoms with Gasteiger partial charge in [0.1, 0.15) is 0 Å². The highest BCUT2D eigenvalue weighted by Crippen LogP contribution is 2.23. The van der Waals surface area contributed by atoms with E-state index in [1.165, 1.54) is 6.07 Å². The summed E-state index contributed by atoms with van der Waals surface area (Å²) in [5.41, 5.74) is 0.177. The van der Waals surface area contributed by atoms with E-state index in [9.17, 15) is 18.0 Å². The minimum Gasteiger partial charge on any atom is -0.432 e. The Labute approximate surface area is 131 Å². The lowest BCUT2D eigenvalue weighted by Gasteiger charge is -2.23. The molecule has 1 aliphatic rings. The number of hydrogen-bond acceptors (Lipinski definition) is 4. The van der Waals surface area contributed by atoms with Gasteiger partial charge in [0.15, 0.2) is 11.6 Å².